The van der Waals surface area contributed by atoms with Crippen LogP contribution in [0.3, 0.4) is 0 Å². The smallest absolute Gasteiger partial charge is 0.248 e. The quantitative estimate of drug-likeness (QED) is 0.0280. The van der Waals surface area contributed by atoms with Crippen molar-refractivity contribution in [2.75, 3.05) is 32.7 Å². The highest BCUT2D eigenvalue weighted by Gasteiger charge is 2.49. The predicted molar refractivity (Wildman–Crippen MR) is 285 cm³/mol. The zero-order chi connectivity index (χ0) is 58.7. The first-order chi connectivity index (χ1) is 37.5. The Morgan fingerprint density at radius 2 is 1.37 bits per heavy atom. The minimum absolute atomic E-state index is 0.0830. The van der Waals surface area contributed by atoms with E-state index in [1.807, 2.05) is 0 Å². The number of benzene rings is 1. The maximum absolute atomic E-state index is 14.6. The molecule has 446 valence electrons. The van der Waals surface area contributed by atoms with E-state index < -0.39 is 159 Å². The van der Waals surface area contributed by atoms with E-state index in [0.717, 1.165) is 67.4 Å². The summed E-state index contributed by atoms with van der Waals surface area (Å²) in [4.78, 5) is 115. The lowest BCUT2D eigenvalue weighted by atomic mass is 9.91. The number of amides is 7. The van der Waals surface area contributed by atoms with Crippen molar-refractivity contribution in [2.45, 2.75) is 203 Å². The van der Waals surface area contributed by atoms with E-state index in [0.29, 0.717) is 29.7 Å². The molecule has 27 heteroatoms. The maximum Gasteiger partial charge on any atom is 0.248 e. The molecule has 1 aromatic rings. The first kappa shape index (κ1) is 65.9. The third-order valence-corrected chi connectivity index (χ3v) is 15.1. The number of hydrogen-bond acceptors (Lipinski definition) is 19. The fourth-order valence-corrected chi connectivity index (χ4v) is 10.4. The lowest BCUT2D eigenvalue weighted by Gasteiger charge is -2.36. The highest BCUT2D eigenvalue weighted by atomic mass is 16.3. The second-order valence-corrected chi connectivity index (χ2v) is 21.5. The number of fused-ring (bicyclic) bond motifs is 2. The van der Waals surface area contributed by atoms with E-state index in [1.54, 1.807) is 0 Å². The average Bonchev–Trinajstić information content (AvgIpc) is 4.01. The predicted octanol–water partition coefficient (Wildman–Crippen LogP) is -2.92. The van der Waals surface area contributed by atoms with Crippen LogP contribution in [0.4, 0.5) is 0 Å². The molecular weight excluding hydrogens is 1030 g/mol. The van der Waals surface area contributed by atoms with Crippen molar-refractivity contribution in [1.29, 1.82) is 0 Å². The Hall–Kier alpha value is -5.65. The van der Waals surface area contributed by atoms with Gasteiger partial charge in [-0.25, -0.2) is 5.01 Å². The zero-order valence-corrected chi connectivity index (χ0v) is 45.8. The van der Waals surface area contributed by atoms with E-state index >= 15 is 0 Å². The van der Waals surface area contributed by atoms with Crippen molar-refractivity contribution in [3.05, 3.63) is 34.7 Å². The minimum Gasteiger partial charge on any atom is -0.508 e. The number of nitrogens with zero attached hydrogens (tertiary/aromatic N) is 4. The number of rotatable bonds is 24. The minimum atomic E-state index is -2.31. The molecule has 0 aliphatic carbocycles. The van der Waals surface area contributed by atoms with Crippen LogP contribution in [0.5, 0.6) is 5.75 Å². The van der Waals surface area contributed by atoms with Gasteiger partial charge in [0.2, 0.25) is 41.4 Å². The lowest BCUT2D eigenvalue weighted by Crippen LogP contribution is -2.65. The summed E-state index contributed by atoms with van der Waals surface area (Å²) in [5.74, 6) is -7.04. The highest BCUT2D eigenvalue weighted by molar-refractivity contribution is 5.98. The molecule has 3 saturated heterocycles. The van der Waals surface area contributed by atoms with Crippen LogP contribution in [0.1, 0.15) is 129 Å². The zero-order valence-electron chi connectivity index (χ0n) is 45.8. The molecule has 3 heterocycles. The number of nitrogens with two attached hydrogens (primary N) is 2. The summed E-state index contributed by atoms with van der Waals surface area (Å²) < 4.78 is 0. The normalized spacial score (nSPS) is 28.1. The molecule has 2 unspecified atom stereocenters. The number of carbonyl (C=O) groups is 7. The first-order valence-electron chi connectivity index (χ1n) is 27.6. The molecule has 7 amide bonds. The molecule has 3 aliphatic rings. The van der Waals surface area contributed by atoms with Crippen LogP contribution in [0, 0.1) is 16.7 Å². The van der Waals surface area contributed by atoms with Crippen LogP contribution < -0.4 is 38.1 Å². The summed E-state index contributed by atoms with van der Waals surface area (Å²) >= 11 is 0. The van der Waals surface area contributed by atoms with E-state index in [2.05, 4.69) is 52.6 Å². The largest absolute Gasteiger partial charge is 0.508 e. The molecule has 27 nitrogen and oxygen atoms in total. The third kappa shape index (κ3) is 18.7. The molecule has 1 aromatic carbocycles. The van der Waals surface area contributed by atoms with Crippen LogP contribution in [0.2, 0.25) is 0 Å². The summed E-state index contributed by atoms with van der Waals surface area (Å²) in [6.45, 7) is 5.85. The summed E-state index contributed by atoms with van der Waals surface area (Å²) in [7, 11) is 0. The number of nitrogens with one attached hydrogen (secondary N) is 5. The third-order valence-electron chi connectivity index (χ3n) is 15.1. The molecule has 0 aromatic heterocycles. The van der Waals surface area contributed by atoms with E-state index in [1.165, 1.54) is 18.6 Å². The summed E-state index contributed by atoms with van der Waals surface area (Å²) in [6, 6.07) is -6.97. The lowest BCUT2D eigenvalue weighted by molar-refractivity contribution is -0.148. The Labute approximate surface area is 460 Å². The topological polar surface area (TPSA) is 433 Å². The number of hydrogen-bond donors (Lipinski definition) is 15. The number of phenols is 1. The number of phenolic OH excluding ortho intramolecular Hbond substituents is 1. The van der Waals surface area contributed by atoms with Gasteiger partial charge in [0.25, 0.3) is 0 Å². The van der Waals surface area contributed by atoms with E-state index in [4.69, 9.17) is 11.5 Å². The summed E-state index contributed by atoms with van der Waals surface area (Å²) in [6.07, 6.45) is -8.65. The number of aliphatic hydroxyl groups excluding tert-OH is 7. The van der Waals surface area contributed by atoms with Gasteiger partial charge < -0.3 is 88.7 Å². The molecule has 17 N–H and O–H groups in total. The Kier molecular flexibility index (Phi) is 26.6. The first-order valence-corrected chi connectivity index (χ1v) is 27.6. The van der Waals surface area contributed by atoms with Crippen LogP contribution in [-0.2, 0) is 33.6 Å². The Morgan fingerprint density at radius 1 is 0.747 bits per heavy atom. The Balaban J connectivity index is 1.77. The van der Waals surface area contributed by atoms with Crippen LogP contribution in [0.25, 0.3) is 0 Å². The molecule has 4 rings (SSSR count). The van der Waals surface area contributed by atoms with Gasteiger partial charge in [-0.05, 0) is 68.7 Å². The van der Waals surface area contributed by atoms with Crippen molar-refractivity contribution in [3.63, 3.8) is 0 Å². The van der Waals surface area contributed by atoms with Gasteiger partial charge in [0.05, 0.1) is 42.4 Å². The molecule has 0 radical (unpaired) electrons. The maximum atomic E-state index is 14.6. The molecule has 0 spiro atoms. The fraction of sp³-hybridized carbons (Fsp3) is 0.750. The van der Waals surface area contributed by atoms with Gasteiger partial charge in [-0.15, -0.1) is 4.91 Å². The summed E-state index contributed by atoms with van der Waals surface area (Å²) in [5.41, 5.74) is 11.4. The molecule has 79 heavy (non-hydrogen) atoms. The van der Waals surface area contributed by atoms with E-state index in [-0.39, 0.29) is 43.7 Å². The molecule has 0 bridgehead atoms. The number of unbranched alkanes of at least 4 members (excludes halogenated alkanes) is 5. The van der Waals surface area contributed by atoms with Crippen LogP contribution in [-0.4, -0.2) is 209 Å². The Morgan fingerprint density at radius 3 is 1.99 bits per heavy atom. The standard InChI is InChI=1S/C52H87N11O16/c1-5-28(2)24-29(3)12-10-8-6-7-9-11-13-39(70)55-34-26-38(69)46(63(60-79)23-21-54)59-50(76)43-37(68)19-22-61(43)52(78)41(36(67)18-20-53)57-49(75)42(45(72)44(71)31-14-16-32(65)17-15-31)58-48(74)35-25-33(66)27-62(35)51(77)40(30(4)64)56-47(34)73/h14-17,28-30,33-38,40-46,64-69,71-72H,5-13,18-27,53-54H2,1-4H3,(H,55,70)(H,56,73)(H,57,75)(H,58,74)(H,59,76)/t28-,29+,30+,33+,34-,35-,36+,37-,38+,40?,41-,42?,43-,44-,45-,46-/m0/s1. The number of aromatic hydroxyl groups is 1. The molecular formula is C52H87N11O16. The second kappa shape index (κ2) is 32.0. The van der Waals surface area contributed by atoms with Crippen molar-refractivity contribution in [3.8, 4) is 5.75 Å². The summed E-state index contributed by atoms with van der Waals surface area (Å²) in [5, 5.41) is 105. The van der Waals surface area contributed by atoms with E-state index in [9.17, 15) is 79.3 Å². The van der Waals surface area contributed by atoms with Crippen molar-refractivity contribution in [2.24, 2.45) is 28.6 Å². The SMILES string of the molecule is CC[C@H](C)C[C@H](C)CCCCCCCCC(=O)N[C@H]1C[C@@H](O)[C@H](N(CCN)N=O)NC(=O)[C@@H]2[C@@H](O)CCN2C(=O)[C@H]([C@H](O)CCN)NC(=O)C([C@H](O)[C@@H](O)c2ccc(O)cc2)NC(=O)[C@@H]2C[C@@H](O)CN2C(=O)C([C@@H](C)O)NC1=O. The molecule has 16 atom stereocenters. The second-order valence-electron chi connectivity index (χ2n) is 21.5. The van der Waals surface area contributed by atoms with Crippen LogP contribution >= 0.6 is 0 Å². The Bertz CT molecular complexity index is 2160. The van der Waals surface area contributed by atoms with Gasteiger partial charge in [0, 0.05) is 38.9 Å². The van der Waals surface area contributed by atoms with Gasteiger partial charge in [0.1, 0.15) is 60.4 Å². The van der Waals surface area contributed by atoms with Crippen molar-refractivity contribution < 1.29 is 74.4 Å². The van der Waals surface area contributed by atoms with Gasteiger partial charge in [-0.1, -0.05) is 77.8 Å². The molecule has 3 fully saturated rings. The van der Waals surface area contributed by atoms with Crippen molar-refractivity contribution in [1.82, 2.24) is 41.4 Å². The highest BCUT2D eigenvalue weighted by Crippen LogP contribution is 2.27. The number of carbonyl (C=O) groups excluding carboxylic acids is 7. The number of aliphatic hydroxyl groups is 7. The fourth-order valence-electron chi connectivity index (χ4n) is 10.4. The monoisotopic (exact) mass is 1120 g/mol. The van der Waals surface area contributed by atoms with Gasteiger partial charge >= 0.3 is 0 Å². The van der Waals surface area contributed by atoms with Gasteiger partial charge in [0.15, 0.2) is 0 Å². The number of nitroso groups, excluding NO2 is 1. The average molecular weight is 1120 g/mol. The van der Waals surface area contributed by atoms with Gasteiger partial charge in [-0.3, -0.25) is 33.6 Å². The van der Waals surface area contributed by atoms with Crippen LogP contribution in [0.15, 0.2) is 29.6 Å². The molecule has 3 aliphatic heterocycles. The van der Waals surface area contributed by atoms with Crippen molar-refractivity contribution >= 4 is 41.4 Å². The van der Waals surface area contributed by atoms with Gasteiger partial charge in [-0.2, -0.15) is 0 Å². The molecule has 0 saturated carbocycles.